The van der Waals surface area contributed by atoms with E-state index in [2.05, 4.69) is 4.98 Å². The molecule has 1 aliphatic carbocycles. The van der Waals surface area contributed by atoms with Crippen molar-refractivity contribution in [1.29, 1.82) is 0 Å². The lowest BCUT2D eigenvalue weighted by Crippen LogP contribution is -2.18. The minimum atomic E-state index is -0.169. The highest BCUT2D eigenvalue weighted by Crippen LogP contribution is 2.35. The van der Waals surface area contributed by atoms with Crippen LogP contribution in [0.4, 0.5) is 9.52 Å². The van der Waals surface area contributed by atoms with Crippen molar-refractivity contribution in [2.45, 2.75) is 31.8 Å². The molecular weight excluding hydrogens is 273 g/mol. The number of hydrogen-bond donors (Lipinski definition) is 1. The number of nitrogens with zero attached hydrogens (tertiary/aromatic N) is 2. The highest BCUT2D eigenvalue weighted by atomic mass is 32.1. The maximum atomic E-state index is 13.7. The molecule has 1 aromatic carbocycles. The summed E-state index contributed by atoms with van der Waals surface area (Å²) in [6.07, 6.45) is 3.20. The monoisotopic (exact) mass is 291 g/mol. The number of aromatic nitrogens is 1. The van der Waals surface area contributed by atoms with Gasteiger partial charge >= 0.3 is 0 Å². The Bertz CT molecular complexity index is 611. The van der Waals surface area contributed by atoms with Gasteiger partial charge in [0.2, 0.25) is 0 Å². The van der Waals surface area contributed by atoms with Crippen LogP contribution in [0.5, 0.6) is 0 Å². The largest absolute Gasteiger partial charge is 0.347 e. The Balaban J connectivity index is 1.81. The van der Waals surface area contributed by atoms with Crippen molar-refractivity contribution in [1.82, 2.24) is 4.98 Å². The zero-order chi connectivity index (χ0) is 14.1. The van der Waals surface area contributed by atoms with Crippen molar-refractivity contribution >= 4 is 16.5 Å². The van der Waals surface area contributed by atoms with E-state index >= 15 is 0 Å². The van der Waals surface area contributed by atoms with Crippen LogP contribution in [-0.2, 0) is 13.0 Å². The second-order valence-electron chi connectivity index (χ2n) is 5.25. The summed E-state index contributed by atoms with van der Waals surface area (Å²) in [5.41, 5.74) is 7.83. The van der Waals surface area contributed by atoms with Crippen LogP contribution in [-0.4, -0.2) is 12.0 Å². The van der Waals surface area contributed by atoms with Gasteiger partial charge in [-0.05, 0) is 25.3 Å². The summed E-state index contributed by atoms with van der Waals surface area (Å²) >= 11 is 1.68. The van der Waals surface area contributed by atoms with Gasteiger partial charge in [0.05, 0.1) is 5.69 Å². The van der Waals surface area contributed by atoms with Crippen LogP contribution in [0.1, 0.15) is 35.0 Å². The van der Waals surface area contributed by atoms with Gasteiger partial charge in [-0.25, -0.2) is 9.37 Å². The fourth-order valence-electron chi connectivity index (χ4n) is 2.55. The molecular formula is C15H18FN3S. The van der Waals surface area contributed by atoms with Crippen LogP contribution in [0.2, 0.25) is 0 Å². The van der Waals surface area contributed by atoms with E-state index in [-0.39, 0.29) is 11.9 Å². The number of halogens is 1. The fourth-order valence-corrected chi connectivity index (χ4v) is 3.68. The molecule has 3 nitrogen and oxygen atoms in total. The maximum Gasteiger partial charge on any atom is 0.185 e. The molecule has 1 atom stereocenters. The number of rotatable bonds is 3. The molecule has 5 heteroatoms. The number of benzene rings is 1. The minimum Gasteiger partial charge on any atom is -0.347 e. The summed E-state index contributed by atoms with van der Waals surface area (Å²) in [5.74, 6) is -0.169. The predicted molar refractivity (Wildman–Crippen MR) is 80.5 cm³/mol. The second kappa shape index (κ2) is 5.50. The van der Waals surface area contributed by atoms with E-state index in [0.29, 0.717) is 12.1 Å². The number of hydrogen-bond acceptors (Lipinski definition) is 4. The van der Waals surface area contributed by atoms with E-state index in [1.807, 2.05) is 24.1 Å². The SMILES string of the molecule is CN(Cc1ccccc1F)c1nc2c(s1)CCCC2N. The summed E-state index contributed by atoms with van der Waals surface area (Å²) in [4.78, 5) is 7.94. The zero-order valence-electron chi connectivity index (χ0n) is 11.5. The second-order valence-corrected chi connectivity index (χ2v) is 6.31. The standard InChI is InChI=1S/C15H18FN3S/c1-19(9-10-5-2-3-6-11(10)16)15-18-14-12(17)7-4-8-13(14)20-15/h2-3,5-6,12H,4,7-9,17H2,1H3. The zero-order valence-corrected chi connectivity index (χ0v) is 12.3. The first-order valence-corrected chi connectivity index (χ1v) is 7.66. The Labute approximate surface area is 122 Å². The van der Waals surface area contributed by atoms with Crippen LogP contribution < -0.4 is 10.6 Å². The molecule has 2 aromatic rings. The number of anilines is 1. The molecule has 0 radical (unpaired) electrons. The first kappa shape index (κ1) is 13.5. The number of fused-ring (bicyclic) bond motifs is 1. The third kappa shape index (κ3) is 2.55. The van der Waals surface area contributed by atoms with E-state index in [9.17, 15) is 4.39 Å². The molecule has 20 heavy (non-hydrogen) atoms. The molecule has 1 heterocycles. The van der Waals surface area contributed by atoms with Gasteiger partial charge in [0.1, 0.15) is 5.82 Å². The maximum absolute atomic E-state index is 13.7. The van der Waals surface area contributed by atoms with E-state index in [4.69, 9.17) is 5.73 Å². The summed E-state index contributed by atoms with van der Waals surface area (Å²) in [6.45, 7) is 0.522. The first-order chi connectivity index (χ1) is 9.65. The third-order valence-electron chi connectivity index (χ3n) is 3.68. The van der Waals surface area contributed by atoms with Gasteiger partial charge < -0.3 is 10.6 Å². The molecule has 0 saturated carbocycles. The molecule has 1 unspecified atom stereocenters. The van der Waals surface area contributed by atoms with E-state index in [1.165, 1.54) is 10.9 Å². The van der Waals surface area contributed by atoms with Crippen molar-refractivity contribution in [3.63, 3.8) is 0 Å². The topological polar surface area (TPSA) is 42.2 Å². The van der Waals surface area contributed by atoms with Gasteiger partial charge in [-0.2, -0.15) is 0 Å². The average molecular weight is 291 g/mol. The van der Waals surface area contributed by atoms with Crippen LogP contribution >= 0.6 is 11.3 Å². The summed E-state index contributed by atoms with van der Waals surface area (Å²) in [7, 11) is 1.95. The third-order valence-corrected chi connectivity index (χ3v) is 4.92. The molecule has 0 saturated heterocycles. The fraction of sp³-hybridized carbons (Fsp3) is 0.400. The van der Waals surface area contributed by atoms with Gasteiger partial charge in [-0.15, -0.1) is 11.3 Å². The molecule has 0 spiro atoms. The van der Waals surface area contributed by atoms with Gasteiger partial charge in [0.25, 0.3) is 0 Å². The highest BCUT2D eigenvalue weighted by molar-refractivity contribution is 7.15. The van der Waals surface area contributed by atoms with Crippen LogP contribution in [0.25, 0.3) is 0 Å². The van der Waals surface area contributed by atoms with Crippen molar-refractivity contribution in [3.8, 4) is 0 Å². The van der Waals surface area contributed by atoms with Gasteiger partial charge in [0, 0.05) is 30.1 Å². The van der Waals surface area contributed by atoms with Crippen LogP contribution in [0.15, 0.2) is 24.3 Å². The molecule has 0 bridgehead atoms. The molecule has 1 aliphatic rings. The molecule has 2 N–H and O–H groups in total. The van der Waals surface area contributed by atoms with Gasteiger partial charge in [-0.3, -0.25) is 0 Å². The lowest BCUT2D eigenvalue weighted by atomic mass is 9.99. The van der Waals surface area contributed by atoms with Crippen LogP contribution in [0.3, 0.4) is 0 Å². The van der Waals surface area contributed by atoms with Gasteiger partial charge in [0.15, 0.2) is 5.13 Å². The van der Waals surface area contributed by atoms with Crippen LogP contribution in [0, 0.1) is 5.82 Å². The molecule has 106 valence electrons. The Morgan fingerprint density at radius 2 is 2.25 bits per heavy atom. The quantitative estimate of drug-likeness (QED) is 0.944. The Morgan fingerprint density at radius 1 is 1.45 bits per heavy atom. The smallest absolute Gasteiger partial charge is 0.185 e. The summed E-state index contributed by atoms with van der Waals surface area (Å²) in [5, 5.41) is 0.926. The number of thiazole rings is 1. The summed E-state index contributed by atoms with van der Waals surface area (Å²) < 4.78 is 13.7. The van der Waals surface area contributed by atoms with Gasteiger partial charge in [-0.1, -0.05) is 18.2 Å². The van der Waals surface area contributed by atoms with Crippen molar-refractivity contribution in [3.05, 3.63) is 46.2 Å². The van der Waals surface area contributed by atoms with Crippen molar-refractivity contribution < 1.29 is 4.39 Å². The normalized spacial score (nSPS) is 17.9. The number of aryl methyl sites for hydroxylation is 1. The Morgan fingerprint density at radius 3 is 3.00 bits per heavy atom. The van der Waals surface area contributed by atoms with Crippen molar-refractivity contribution in [2.24, 2.45) is 5.73 Å². The molecule has 1 aromatic heterocycles. The molecule has 0 aliphatic heterocycles. The highest BCUT2D eigenvalue weighted by Gasteiger charge is 2.23. The van der Waals surface area contributed by atoms with E-state index in [1.54, 1.807) is 17.4 Å². The lowest BCUT2D eigenvalue weighted by Gasteiger charge is -2.16. The minimum absolute atomic E-state index is 0.0608. The van der Waals surface area contributed by atoms with Crippen molar-refractivity contribution in [2.75, 3.05) is 11.9 Å². The molecule has 0 fully saturated rings. The molecule has 0 amide bonds. The Hall–Kier alpha value is -1.46. The molecule has 3 rings (SSSR count). The predicted octanol–water partition coefficient (Wildman–Crippen LogP) is 3.25. The Kier molecular flexibility index (Phi) is 3.72. The van der Waals surface area contributed by atoms with E-state index in [0.717, 1.165) is 30.1 Å². The number of nitrogens with two attached hydrogens (primary N) is 1. The van der Waals surface area contributed by atoms with E-state index < -0.39 is 0 Å². The average Bonchev–Trinajstić information content (AvgIpc) is 2.87. The summed E-state index contributed by atoms with van der Waals surface area (Å²) in [6, 6.07) is 6.93. The first-order valence-electron chi connectivity index (χ1n) is 6.85. The lowest BCUT2D eigenvalue weighted by molar-refractivity contribution is 0.563.